The highest BCUT2D eigenvalue weighted by Gasteiger charge is 2.34. The molecule has 100 valence electrons. The maximum Gasteiger partial charge on any atom is 0.248 e. The van der Waals surface area contributed by atoms with E-state index in [9.17, 15) is 13.2 Å². The highest BCUT2D eigenvalue weighted by atomic mass is 32.2. The number of carbonyl (C=O) groups is 1. The molecule has 1 rings (SSSR count). The van der Waals surface area contributed by atoms with Crippen molar-refractivity contribution in [1.82, 2.24) is 4.90 Å². The monoisotopic (exact) mass is 265 g/mol. The molecule has 1 heterocycles. The second-order valence-corrected chi connectivity index (χ2v) is 6.30. The van der Waals surface area contributed by atoms with Gasteiger partial charge in [0.05, 0.1) is 18.1 Å². The molecule has 0 aromatic heterocycles. The van der Waals surface area contributed by atoms with Crippen LogP contribution in [0, 0.1) is 0 Å². The van der Waals surface area contributed by atoms with Gasteiger partial charge >= 0.3 is 0 Å². The van der Waals surface area contributed by atoms with Crippen molar-refractivity contribution in [3.63, 3.8) is 0 Å². The number of hydrogen-bond acceptors (Lipinski definition) is 5. The van der Waals surface area contributed by atoms with Crippen LogP contribution in [0.3, 0.4) is 0 Å². The number of ether oxygens (including phenoxy) is 2. The van der Waals surface area contributed by atoms with Crippen molar-refractivity contribution in [2.45, 2.75) is 12.5 Å². The lowest BCUT2D eigenvalue weighted by Gasteiger charge is -2.27. The van der Waals surface area contributed by atoms with Crippen LogP contribution < -0.4 is 0 Å². The summed E-state index contributed by atoms with van der Waals surface area (Å²) in [6.07, 6.45) is 0.501. The SMILES string of the molecule is COCCN(C(=O)COC)C1CCS(=O)(=O)C1. The zero-order valence-corrected chi connectivity index (χ0v) is 11.0. The number of amides is 1. The molecule has 0 spiro atoms. The van der Waals surface area contributed by atoms with Gasteiger partial charge in [-0.2, -0.15) is 0 Å². The van der Waals surface area contributed by atoms with Gasteiger partial charge < -0.3 is 14.4 Å². The largest absolute Gasteiger partial charge is 0.383 e. The molecule has 6 nitrogen and oxygen atoms in total. The molecule has 1 atom stereocenters. The van der Waals surface area contributed by atoms with Crippen LogP contribution in [0.2, 0.25) is 0 Å². The second kappa shape index (κ2) is 6.32. The number of hydrogen-bond donors (Lipinski definition) is 0. The van der Waals surface area contributed by atoms with Crippen LogP contribution in [0.4, 0.5) is 0 Å². The lowest BCUT2D eigenvalue weighted by Crippen LogP contribution is -2.44. The molecule has 17 heavy (non-hydrogen) atoms. The normalized spacial score (nSPS) is 22.6. The zero-order valence-electron chi connectivity index (χ0n) is 10.2. The predicted octanol–water partition coefficient (Wildman–Crippen LogP) is -0.705. The molecule has 0 saturated carbocycles. The second-order valence-electron chi connectivity index (χ2n) is 4.07. The first-order valence-electron chi connectivity index (χ1n) is 5.48. The summed E-state index contributed by atoms with van der Waals surface area (Å²) in [5, 5.41) is 0. The van der Waals surface area contributed by atoms with Crippen molar-refractivity contribution >= 4 is 15.7 Å². The van der Waals surface area contributed by atoms with E-state index in [0.717, 1.165) is 0 Å². The molecule has 1 unspecified atom stereocenters. The topological polar surface area (TPSA) is 72.9 Å². The van der Waals surface area contributed by atoms with Crippen LogP contribution in [-0.2, 0) is 24.1 Å². The van der Waals surface area contributed by atoms with Crippen LogP contribution in [0.25, 0.3) is 0 Å². The number of carbonyl (C=O) groups excluding carboxylic acids is 1. The molecule has 1 amide bonds. The van der Waals surface area contributed by atoms with Gasteiger partial charge in [0, 0.05) is 26.8 Å². The lowest BCUT2D eigenvalue weighted by molar-refractivity contribution is -0.137. The molecule has 0 radical (unpaired) electrons. The average molecular weight is 265 g/mol. The lowest BCUT2D eigenvalue weighted by atomic mass is 10.2. The fraction of sp³-hybridized carbons (Fsp3) is 0.900. The molecular formula is C10H19NO5S. The van der Waals surface area contributed by atoms with Gasteiger partial charge in [-0.15, -0.1) is 0 Å². The third kappa shape index (κ3) is 4.25. The quantitative estimate of drug-likeness (QED) is 0.634. The van der Waals surface area contributed by atoms with Crippen molar-refractivity contribution in [1.29, 1.82) is 0 Å². The summed E-state index contributed by atoms with van der Waals surface area (Å²) in [5.41, 5.74) is 0. The molecule has 0 N–H and O–H groups in total. The highest BCUT2D eigenvalue weighted by molar-refractivity contribution is 7.91. The fourth-order valence-electron chi connectivity index (χ4n) is 1.93. The maximum atomic E-state index is 11.8. The Morgan fingerprint density at radius 1 is 1.35 bits per heavy atom. The maximum absolute atomic E-state index is 11.8. The molecular weight excluding hydrogens is 246 g/mol. The first kappa shape index (κ1) is 14.4. The third-order valence-corrected chi connectivity index (χ3v) is 4.52. The van der Waals surface area contributed by atoms with Crippen LogP contribution >= 0.6 is 0 Å². The summed E-state index contributed by atoms with van der Waals surface area (Å²) in [5.74, 6) is 0.0137. The van der Waals surface area contributed by atoms with E-state index in [2.05, 4.69) is 0 Å². The average Bonchev–Trinajstić information content (AvgIpc) is 2.60. The van der Waals surface area contributed by atoms with Crippen molar-refractivity contribution in [2.75, 3.05) is 45.5 Å². The van der Waals surface area contributed by atoms with Gasteiger partial charge in [-0.05, 0) is 6.42 Å². The molecule has 1 saturated heterocycles. The summed E-state index contributed by atoms with van der Waals surface area (Å²) in [7, 11) is -0.00125. The summed E-state index contributed by atoms with van der Waals surface area (Å²) < 4.78 is 32.5. The molecule has 1 aliphatic rings. The number of rotatable bonds is 6. The number of nitrogens with zero attached hydrogens (tertiary/aromatic N) is 1. The summed E-state index contributed by atoms with van der Waals surface area (Å²) in [6.45, 7) is 0.769. The van der Waals surface area contributed by atoms with E-state index in [-0.39, 0.29) is 30.1 Å². The van der Waals surface area contributed by atoms with Gasteiger partial charge in [0.1, 0.15) is 6.61 Å². The van der Waals surface area contributed by atoms with Crippen molar-refractivity contribution < 1.29 is 22.7 Å². The van der Waals surface area contributed by atoms with Crippen LogP contribution in [-0.4, -0.2) is 70.8 Å². The number of methoxy groups -OCH3 is 2. The Bertz CT molecular complexity index is 354. The standard InChI is InChI=1S/C10H19NO5S/c1-15-5-4-11(10(12)7-16-2)9-3-6-17(13,14)8-9/h9H,3-8H2,1-2H3. The van der Waals surface area contributed by atoms with E-state index in [1.54, 1.807) is 12.0 Å². The Morgan fingerprint density at radius 3 is 2.53 bits per heavy atom. The van der Waals surface area contributed by atoms with E-state index in [1.165, 1.54) is 7.11 Å². The zero-order chi connectivity index (χ0) is 12.9. The smallest absolute Gasteiger partial charge is 0.248 e. The van der Waals surface area contributed by atoms with Gasteiger partial charge in [0.2, 0.25) is 5.91 Å². The Morgan fingerprint density at radius 2 is 2.06 bits per heavy atom. The first-order chi connectivity index (χ1) is 8.00. The van der Waals surface area contributed by atoms with Gasteiger partial charge in [0.15, 0.2) is 9.84 Å². The first-order valence-corrected chi connectivity index (χ1v) is 7.30. The summed E-state index contributed by atoms with van der Waals surface area (Å²) >= 11 is 0. The van der Waals surface area contributed by atoms with E-state index in [4.69, 9.17) is 9.47 Å². The van der Waals surface area contributed by atoms with Crippen molar-refractivity contribution in [3.8, 4) is 0 Å². The molecule has 1 fully saturated rings. The van der Waals surface area contributed by atoms with Gasteiger partial charge in [-0.1, -0.05) is 0 Å². The van der Waals surface area contributed by atoms with Gasteiger partial charge in [-0.25, -0.2) is 8.42 Å². The van der Waals surface area contributed by atoms with Crippen LogP contribution in [0.1, 0.15) is 6.42 Å². The number of sulfone groups is 1. The minimum Gasteiger partial charge on any atom is -0.383 e. The summed E-state index contributed by atoms with van der Waals surface area (Å²) in [6, 6.07) is -0.238. The van der Waals surface area contributed by atoms with Crippen molar-refractivity contribution in [2.24, 2.45) is 0 Å². The summed E-state index contributed by atoms with van der Waals surface area (Å²) in [4.78, 5) is 13.4. The highest BCUT2D eigenvalue weighted by Crippen LogP contribution is 2.17. The van der Waals surface area contributed by atoms with E-state index >= 15 is 0 Å². The van der Waals surface area contributed by atoms with Crippen LogP contribution in [0.5, 0.6) is 0 Å². The van der Waals surface area contributed by atoms with Crippen molar-refractivity contribution in [3.05, 3.63) is 0 Å². The minimum atomic E-state index is -2.99. The molecule has 0 aliphatic carbocycles. The molecule has 1 aliphatic heterocycles. The van der Waals surface area contributed by atoms with E-state index in [0.29, 0.717) is 19.6 Å². The van der Waals surface area contributed by atoms with E-state index < -0.39 is 9.84 Å². The Kier molecular flexibility index (Phi) is 5.35. The molecule has 0 aromatic carbocycles. The fourth-order valence-corrected chi connectivity index (χ4v) is 3.66. The van der Waals surface area contributed by atoms with E-state index in [1.807, 2.05) is 0 Å². The molecule has 0 aromatic rings. The minimum absolute atomic E-state index is 0.0275. The Balaban J connectivity index is 2.66. The Labute approximate surface area is 102 Å². The van der Waals surface area contributed by atoms with Crippen LogP contribution in [0.15, 0.2) is 0 Å². The van der Waals surface area contributed by atoms with Gasteiger partial charge in [-0.3, -0.25) is 4.79 Å². The third-order valence-electron chi connectivity index (χ3n) is 2.77. The van der Waals surface area contributed by atoms with Gasteiger partial charge in [0.25, 0.3) is 0 Å². The molecule has 0 bridgehead atoms. The predicted molar refractivity (Wildman–Crippen MR) is 62.5 cm³/mol. The molecule has 7 heteroatoms. The Hall–Kier alpha value is -0.660.